The number of benzene rings is 1. The Labute approximate surface area is 109 Å². The molecule has 1 fully saturated rings. The van der Waals surface area contributed by atoms with E-state index in [0.717, 1.165) is 26.2 Å². The maximum Gasteiger partial charge on any atom is 0.0991 e. The van der Waals surface area contributed by atoms with Gasteiger partial charge in [0.1, 0.15) is 0 Å². The largest absolute Gasteiger partial charge is 0.304 e. The van der Waals surface area contributed by atoms with Crippen molar-refractivity contribution in [2.45, 2.75) is 13.0 Å². The molecule has 96 valence electrons. The molecule has 1 aliphatic rings. The van der Waals surface area contributed by atoms with Crippen molar-refractivity contribution in [2.24, 2.45) is 0 Å². The van der Waals surface area contributed by atoms with Crippen molar-refractivity contribution in [3.63, 3.8) is 0 Å². The highest BCUT2D eigenvalue weighted by Gasteiger charge is 2.16. The van der Waals surface area contributed by atoms with E-state index in [2.05, 4.69) is 35.4 Å². The lowest BCUT2D eigenvalue weighted by atomic mass is 10.1. The number of nitrogens with zero attached hydrogens (tertiary/aromatic N) is 3. The van der Waals surface area contributed by atoms with Gasteiger partial charge in [0.15, 0.2) is 0 Å². The lowest BCUT2D eigenvalue weighted by Gasteiger charge is -2.34. The first-order chi connectivity index (χ1) is 8.69. The van der Waals surface area contributed by atoms with Gasteiger partial charge in [-0.3, -0.25) is 0 Å². The molecular weight excluding hydrogens is 224 g/mol. The number of nitriles is 1. The van der Waals surface area contributed by atoms with Crippen molar-refractivity contribution >= 4 is 0 Å². The first-order valence-electron chi connectivity index (χ1n) is 6.39. The van der Waals surface area contributed by atoms with Crippen LogP contribution in [0.15, 0.2) is 24.3 Å². The third-order valence-electron chi connectivity index (χ3n) is 3.42. The Morgan fingerprint density at radius 3 is 2.33 bits per heavy atom. The molecule has 18 heavy (non-hydrogen) atoms. The van der Waals surface area contributed by atoms with Crippen LogP contribution in [-0.4, -0.2) is 43.1 Å². The smallest absolute Gasteiger partial charge is 0.0991 e. The van der Waals surface area contributed by atoms with E-state index in [1.54, 1.807) is 0 Å². The number of likely N-dealkylation sites (N-methyl/N-ethyl adjacent to an activating group) is 1. The molecule has 0 saturated carbocycles. The molecular formula is C14H20N4. The summed E-state index contributed by atoms with van der Waals surface area (Å²) in [5, 5.41) is 11.1. The molecule has 4 heteroatoms. The minimum Gasteiger partial charge on any atom is -0.304 e. The molecule has 0 spiro atoms. The van der Waals surface area contributed by atoms with E-state index in [9.17, 15) is 0 Å². The summed E-state index contributed by atoms with van der Waals surface area (Å²) in [6.07, 6.45) is 0. The standard InChI is InChI=1S/C14H20N4/c1-12(14-5-3-13(11-15)4-6-14)16-18-9-7-17(2)8-10-18/h3-6,12,16H,7-10H2,1-2H3. The first kappa shape index (κ1) is 13.0. The minimum atomic E-state index is 0.279. The fourth-order valence-corrected chi connectivity index (χ4v) is 2.13. The van der Waals surface area contributed by atoms with Gasteiger partial charge < -0.3 is 4.90 Å². The van der Waals surface area contributed by atoms with E-state index in [1.165, 1.54) is 5.56 Å². The van der Waals surface area contributed by atoms with Gasteiger partial charge in [-0.2, -0.15) is 5.26 Å². The predicted molar refractivity (Wildman–Crippen MR) is 71.8 cm³/mol. The monoisotopic (exact) mass is 244 g/mol. The molecule has 0 aliphatic carbocycles. The van der Waals surface area contributed by atoms with Crippen LogP contribution >= 0.6 is 0 Å². The Morgan fingerprint density at radius 2 is 1.78 bits per heavy atom. The minimum absolute atomic E-state index is 0.279. The summed E-state index contributed by atoms with van der Waals surface area (Å²) >= 11 is 0. The first-order valence-corrected chi connectivity index (χ1v) is 6.39. The Balaban J connectivity index is 1.91. The molecule has 1 aromatic rings. The molecule has 1 heterocycles. The van der Waals surface area contributed by atoms with Gasteiger partial charge in [-0.15, -0.1) is 0 Å². The fourth-order valence-electron chi connectivity index (χ4n) is 2.13. The van der Waals surface area contributed by atoms with Gasteiger partial charge in [-0.25, -0.2) is 10.4 Å². The highest BCUT2D eigenvalue weighted by atomic mass is 15.5. The zero-order valence-corrected chi connectivity index (χ0v) is 11.1. The zero-order valence-electron chi connectivity index (χ0n) is 11.1. The molecule has 0 amide bonds. The van der Waals surface area contributed by atoms with Gasteiger partial charge >= 0.3 is 0 Å². The number of nitrogens with one attached hydrogen (secondary N) is 1. The van der Waals surface area contributed by atoms with Crippen LogP contribution in [0.1, 0.15) is 24.1 Å². The fraction of sp³-hybridized carbons (Fsp3) is 0.500. The summed E-state index contributed by atoms with van der Waals surface area (Å²) in [6.45, 7) is 6.47. The molecule has 0 bridgehead atoms. The van der Waals surface area contributed by atoms with Crippen molar-refractivity contribution < 1.29 is 0 Å². The number of hydrazine groups is 1. The van der Waals surface area contributed by atoms with Gasteiger partial charge in [0.2, 0.25) is 0 Å². The quantitative estimate of drug-likeness (QED) is 0.872. The van der Waals surface area contributed by atoms with E-state index in [4.69, 9.17) is 5.26 Å². The molecule has 1 aliphatic heterocycles. The molecule has 1 atom stereocenters. The summed E-state index contributed by atoms with van der Waals surface area (Å²) in [7, 11) is 2.15. The Bertz CT molecular complexity index is 412. The number of hydrogen-bond acceptors (Lipinski definition) is 4. The maximum absolute atomic E-state index is 8.77. The lowest BCUT2D eigenvalue weighted by molar-refractivity contribution is 0.0899. The van der Waals surface area contributed by atoms with Gasteiger partial charge in [0, 0.05) is 32.2 Å². The second kappa shape index (κ2) is 5.96. The topological polar surface area (TPSA) is 42.3 Å². The van der Waals surface area contributed by atoms with Crippen molar-refractivity contribution in [3.05, 3.63) is 35.4 Å². The average Bonchev–Trinajstić information content (AvgIpc) is 2.41. The summed E-state index contributed by atoms with van der Waals surface area (Å²) in [6, 6.07) is 10.2. The second-order valence-electron chi connectivity index (χ2n) is 4.87. The summed E-state index contributed by atoms with van der Waals surface area (Å²) in [5.74, 6) is 0. The van der Waals surface area contributed by atoms with Crippen molar-refractivity contribution in [3.8, 4) is 6.07 Å². The van der Waals surface area contributed by atoms with Gasteiger partial charge in [0.25, 0.3) is 0 Å². The summed E-state index contributed by atoms with van der Waals surface area (Å²) in [5.41, 5.74) is 5.45. The lowest BCUT2D eigenvalue weighted by Crippen LogP contribution is -2.51. The number of rotatable bonds is 3. The molecule has 1 aromatic carbocycles. The molecule has 0 aromatic heterocycles. The third-order valence-corrected chi connectivity index (χ3v) is 3.42. The van der Waals surface area contributed by atoms with Crippen LogP contribution in [0.3, 0.4) is 0 Å². The van der Waals surface area contributed by atoms with E-state index < -0.39 is 0 Å². The predicted octanol–water partition coefficient (Wildman–Crippen LogP) is 1.37. The highest BCUT2D eigenvalue weighted by Crippen LogP contribution is 2.14. The van der Waals surface area contributed by atoms with Crippen LogP contribution in [0.25, 0.3) is 0 Å². The van der Waals surface area contributed by atoms with Crippen LogP contribution in [0, 0.1) is 11.3 Å². The van der Waals surface area contributed by atoms with Crippen LogP contribution in [-0.2, 0) is 0 Å². The number of hydrogen-bond donors (Lipinski definition) is 1. The molecule has 1 unspecified atom stereocenters. The van der Waals surface area contributed by atoms with E-state index >= 15 is 0 Å². The van der Waals surface area contributed by atoms with Crippen LogP contribution in [0.5, 0.6) is 0 Å². The molecule has 1 saturated heterocycles. The normalized spacial score (nSPS) is 19.4. The van der Waals surface area contributed by atoms with Crippen molar-refractivity contribution in [1.82, 2.24) is 15.3 Å². The summed E-state index contributed by atoms with van der Waals surface area (Å²) < 4.78 is 0. The van der Waals surface area contributed by atoms with Crippen LogP contribution in [0.4, 0.5) is 0 Å². The SMILES string of the molecule is CC(NN1CCN(C)CC1)c1ccc(C#N)cc1. The molecule has 4 nitrogen and oxygen atoms in total. The molecule has 2 rings (SSSR count). The summed E-state index contributed by atoms with van der Waals surface area (Å²) in [4.78, 5) is 2.34. The Hall–Kier alpha value is -1.41. The Kier molecular flexibility index (Phi) is 4.32. The van der Waals surface area contributed by atoms with Crippen LogP contribution in [0.2, 0.25) is 0 Å². The van der Waals surface area contributed by atoms with Crippen molar-refractivity contribution in [2.75, 3.05) is 33.2 Å². The van der Waals surface area contributed by atoms with E-state index in [0.29, 0.717) is 5.56 Å². The van der Waals surface area contributed by atoms with E-state index in [-0.39, 0.29) is 6.04 Å². The molecule has 1 N–H and O–H groups in total. The third kappa shape index (κ3) is 3.30. The zero-order chi connectivity index (χ0) is 13.0. The van der Waals surface area contributed by atoms with E-state index in [1.807, 2.05) is 24.3 Å². The van der Waals surface area contributed by atoms with Gasteiger partial charge in [-0.05, 0) is 31.7 Å². The highest BCUT2D eigenvalue weighted by molar-refractivity contribution is 5.32. The van der Waals surface area contributed by atoms with Crippen LogP contribution < -0.4 is 5.43 Å². The maximum atomic E-state index is 8.77. The molecule has 0 radical (unpaired) electrons. The number of piperazine rings is 1. The second-order valence-corrected chi connectivity index (χ2v) is 4.87. The average molecular weight is 244 g/mol. The van der Waals surface area contributed by atoms with Crippen molar-refractivity contribution in [1.29, 1.82) is 5.26 Å². The van der Waals surface area contributed by atoms with Gasteiger partial charge in [0.05, 0.1) is 11.6 Å². The Morgan fingerprint density at radius 1 is 1.17 bits per heavy atom. The van der Waals surface area contributed by atoms with Gasteiger partial charge in [-0.1, -0.05) is 12.1 Å².